The Bertz CT molecular complexity index is 677. The van der Waals surface area contributed by atoms with Gasteiger partial charge in [-0.05, 0) is 42.8 Å². The maximum atomic E-state index is 13.0. The second kappa shape index (κ2) is 6.78. The normalized spacial score (nSPS) is 10.3. The number of carbonyl (C=O) groups is 1. The van der Waals surface area contributed by atoms with Crippen LogP contribution in [0.4, 0.5) is 15.8 Å². The van der Waals surface area contributed by atoms with Crippen LogP contribution in [0.2, 0.25) is 10.0 Å². The van der Waals surface area contributed by atoms with Crippen molar-refractivity contribution in [2.45, 2.75) is 6.92 Å². The number of anilines is 2. The minimum absolute atomic E-state index is 0.00434. The molecule has 6 heteroatoms. The Hall–Kier alpha value is -1.78. The van der Waals surface area contributed by atoms with Crippen LogP contribution < -0.4 is 10.6 Å². The molecular weight excluding hydrogens is 314 g/mol. The van der Waals surface area contributed by atoms with Crippen molar-refractivity contribution < 1.29 is 9.18 Å². The van der Waals surface area contributed by atoms with Gasteiger partial charge in [-0.1, -0.05) is 29.3 Å². The maximum absolute atomic E-state index is 13.0. The third-order valence-electron chi connectivity index (χ3n) is 2.80. The molecule has 110 valence electrons. The Balaban J connectivity index is 1.97. The third-order valence-corrected chi connectivity index (χ3v) is 3.52. The zero-order chi connectivity index (χ0) is 15.4. The lowest BCUT2D eigenvalue weighted by Crippen LogP contribution is -2.21. The Morgan fingerprint density at radius 1 is 1.19 bits per heavy atom. The van der Waals surface area contributed by atoms with Crippen LogP contribution in [0.25, 0.3) is 0 Å². The van der Waals surface area contributed by atoms with Crippen LogP contribution in [0.3, 0.4) is 0 Å². The van der Waals surface area contributed by atoms with E-state index in [1.807, 2.05) is 6.92 Å². The van der Waals surface area contributed by atoms with Crippen molar-refractivity contribution in [1.29, 1.82) is 0 Å². The van der Waals surface area contributed by atoms with Gasteiger partial charge in [0.25, 0.3) is 0 Å². The van der Waals surface area contributed by atoms with Crippen molar-refractivity contribution in [2.24, 2.45) is 0 Å². The molecule has 0 saturated heterocycles. The van der Waals surface area contributed by atoms with Crippen LogP contribution >= 0.6 is 23.2 Å². The van der Waals surface area contributed by atoms with Gasteiger partial charge in [-0.25, -0.2) is 4.39 Å². The highest BCUT2D eigenvalue weighted by Crippen LogP contribution is 2.28. The highest BCUT2D eigenvalue weighted by Gasteiger charge is 2.07. The van der Waals surface area contributed by atoms with E-state index in [4.69, 9.17) is 23.2 Å². The molecule has 0 bridgehead atoms. The number of amides is 1. The fourth-order valence-corrected chi connectivity index (χ4v) is 2.18. The van der Waals surface area contributed by atoms with Gasteiger partial charge >= 0.3 is 0 Å². The summed E-state index contributed by atoms with van der Waals surface area (Å²) >= 11 is 12.1. The average Bonchev–Trinajstić information content (AvgIpc) is 2.41. The van der Waals surface area contributed by atoms with Crippen LogP contribution in [-0.4, -0.2) is 12.5 Å². The van der Waals surface area contributed by atoms with Crippen molar-refractivity contribution in [1.82, 2.24) is 0 Å². The summed E-state index contributed by atoms with van der Waals surface area (Å²) in [5.74, 6) is -0.720. The van der Waals surface area contributed by atoms with Crippen molar-refractivity contribution in [3.8, 4) is 0 Å². The Labute approximate surface area is 132 Å². The first-order valence-electron chi connectivity index (χ1n) is 6.20. The number of hydrogen-bond donors (Lipinski definition) is 2. The lowest BCUT2D eigenvalue weighted by Gasteiger charge is -2.11. The number of hydrogen-bond acceptors (Lipinski definition) is 2. The zero-order valence-corrected chi connectivity index (χ0v) is 12.7. The van der Waals surface area contributed by atoms with E-state index in [0.29, 0.717) is 21.4 Å². The van der Waals surface area contributed by atoms with Crippen LogP contribution in [0, 0.1) is 12.7 Å². The first kappa shape index (κ1) is 15.6. The molecular formula is C15H13Cl2FN2O. The molecule has 0 spiro atoms. The second-order valence-electron chi connectivity index (χ2n) is 4.49. The number of rotatable bonds is 4. The quantitative estimate of drug-likeness (QED) is 0.869. The van der Waals surface area contributed by atoms with Gasteiger partial charge in [-0.3, -0.25) is 4.79 Å². The summed E-state index contributed by atoms with van der Waals surface area (Å²) in [6, 6.07) is 9.06. The molecule has 2 N–H and O–H groups in total. The number of nitrogens with one attached hydrogen (secondary N) is 2. The lowest BCUT2D eigenvalue weighted by molar-refractivity contribution is -0.114. The molecule has 0 aromatic heterocycles. The van der Waals surface area contributed by atoms with E-state index in [-0.39, 0.29) is 12.5 Å². The largest absolute Gasteiger partial charge is 0.375 e. The molecule has 0 aliphatic heterocycles. The van der Waals surface area contributed by atoms with Crippen molar-refractivity contribution in [3.05, 3.63) is 57.8 Å². The predicted molar refractivity (Wildman–Crippen MR) is 84.7 cm³/mol. The minimum atomic E-state index is -0.408. The summed E-state index contributed by atoms with van der Waals surface area (Å²) in [7, 11) is 0. The Morgan fingerprint density at radius 2 is 1.95 bits per heavy atom. The van der Waals surface area contributed by atoms with E-state index in [0.717, 1.165) is 5.56 Å². The Kier molecular flexibility index (Phi) is 5.04. The van der Waals surface area contributed by atoms with Crippen LogP contribution in [0.5, 0.6) is 0 Å². The third kappa shape index (κ3) is 4.34. The highest BCUT2D eigenvalue weighted by molar-refractivity contribution is 6.35. The molecule has 0 atom stereocenters. The molecule has 2 aromatic carbocycles. The monoisotopic (exact) mass is 326 g/mol. The van der Waals surface area contributed by atoms with Gasteiger partial charge < -0.3 is 10.6 Å². The molecule has 3 nitrogen and oxygen atoms in total. The summed E-state index contributed by atoms with van der Waals surface area (Å²) in [6.45, 7) is 1.84. The van der Waals surface area contributed by atoms with E-state index in [1.54, 1.807) is 18.2 Å². The molecule has 2 aromatic rings. The van der Waals surface area contributed by atoms with Crippen molar-refractivity contribution >= 4 is 40.5 Å². The van der Waals surface area contributed by atoms with Gasteiger partial charge in [-0.2, -0.15) is 0 Å². The second-order valence-corrected chi connectivity index (χ2v) is 5.31. The van der Waals surface area contributed by atoms with Crippen molar-refractivity contribution in [2.75, 3.05) is 17.2 Å². The summed E-state index contributed by atoms with van der Waals surface area (Å²) < 4.78 is 13.0. The summed E-state index contributed by atoms with van der Waals surface area (Å²) in [5, 5.41) is 6.52. The number of carbonyl (C=O) groups excluding carboxylic acids is 1. The van der Waals surface area contributed by atoms with E-state index in [9.17, 15) is 9.18 Å². The van der Waals surface area contributed by atoms with Crippen LogP contribution in [0.15, 0.2) is 36.4 Å². The van der Waals surface area contributed by atoms with E-state index < -0.39 is 5.82 Å². The molecule has 0 aliphatic rings. The van der Waals surface area contributed by atoms with Gasteiger partial charge in [0, 0.05) is 10.7 Å². The molecule has 0 aliphatic carbocycles. The molecule has 0 unspecified atom stereocenters. The fraction of sp³-hybridized carbons (Fsp3) is 0.133. The molecule has 1 amide bonds. The molecule has 0 fully saturated rings. The van der Waals surface area contributed by atoms with E-state index in [2.05, 4.69) is 10.6 Å². The van der Waals surface area contributed by atoms with Gasteiger partial charge in [0.2, 0.25) is 5.91 Å². The number of benzene rings is 2. The predicted octanol–water partition coefficient (Wildman–Crippen LogP) is 4.49. The van der Waals surface area contributed by atoms with Crippen molar-refractivity contribution in [3.63, 3.8) is 0 Å². The van der Waals surface area contributed by atoms with Gasteiger partial charge in [-0.15, -0.1) is 0 Å². The first-order chi connectivity index (χ1) is 9.95. The smallest absolute Gasteiger partial charge is 0.243 e. The van der Waals surface area contributed by atoms with Crippen LogP contribution in [-0.2, 0) is 4.79 Å². The summed E-state index contributed by atoms with van der Waals surface area (Å²) in [5.41, 5.74) is 1.83. The number of halogens is 3. The topological polar surface area (TPSA) is 41.1 Å². The highest BCUT2D eigenvalue weighted by atomic mass is 35.5. The molecule has 2 rings (SSSR count). The van der Waals surface area contributed by atoms with Gasteiger partial charge in [0.15, 0.2) is 0 Å². The first-order valence-corrected chi connectivity index (χ1v) is 6.96. The van der Waals surface area contributed by atoms with Gasteiger partial charge in [0.05, 0.1) is 17.3 Å². The molecule has 0 radical (unpaired) electrons. The van der Waals surface area contributed by atoms with Gasteiger partial charge in [0.1, 0.15) is 5.82 Å². The Morgan fingerprint density at radius 3 is 2.67 bits per heavy atom. The summed E-state index contributed by atoms with van der Waals surface area (Å²) in [4.78, 5) is 11.8. The van der Waals surface area contributed by atoms with E-state index >= 15 is 0 Å². The lowest BCUT2D eigenvalue weighted by atomic mass is 10.2. The zero-order valence-electron chi connectivity index (χ0n) is 11.2. The van der Waals surface area contributed by atoms with Crippen LogP contribution in [0.1, 0.15) is 5.56 Å². The summed E-state index contributed by atoms with van der Waals surface area (Å²) in [6.07, 6.45) is 0. The number of aryl methyl sites for hydroxylation is 1. The average molecular weight is 327 g/mol. The molecule has 0 saturated carbocycles. The maximum Gasteiger partial charge on any atom is 0.243 e. The SMILES string of the molecule is Cc1cc(Cl)c(NCC(=O)Nc2cccc(F)c2)cc1Cl. The molecule has 21 heavy (non-hydrogen) atoms. The molecule has 0 heterocycles. The fourth-order valence-electron chi connectivity index (χ4n) is 1.73. The minimum Gasteiger partial charge on any atom is -0.375 e. The standard InChI is InChI=1S/C15H13Cl2FN2O/c1-9-5-13(17)14(7-12(9)16)19-8-15(21)20-11-4-2-3-10(18)6-11/h2-7,19H,8H2,1H3,(H,20,21). The van der Waals surface area contributed by atoms with E-state index in [1.165, 1.54) is 18.2 Å².